The normalized spacial score (nSPS) is 10.9. The number of nitrogens with zero attached hydrogens (tertiary/aromatic N) is 3. The van der Waals surface area contributed by atoms with Gasteiger partial charge < -0.3 is 4.90 Å². The minimum absolute atomic E-state index is 0.958. The van der Waals surface area contributed by atoms with Gasteiger partial charge >= 0.3 is 0 Å². The van der Waals surface area contributed by atoms with E-state index in [-0.39, 0.29) is 0 Å². The van der Waals surface area contributed by atoms with E-state index in [9.17, 15) is 0 Å². The Morgan fingerprint density at radius 3 is 2.68 bits per heavy atom. The van der Waals surface area contributed by atoms with E-state index in [0.717, 1.165) is 21.9 Å². The topological polar surface area (TPSA) is 29.0 Å². The van der Waals surface area contributed by atoms with Crippen molar-refractivity contribution in [2.24, 2.45) is 0 Å². The molecule has 5 heteroatoms. The van der Waals surface area contributed by atoms with Crippen LogP contribution in [0.5, 0.6) is 0 Å². The maximum Gasteiger partial charge on any atom is 0.127 e. The van der Waals surface area contributed by atoms with Gasteiger partial charge in [0.05, 0.1) is 10.2 Å². The number of aromatic nitrogens is 2. The molecule has 0 unspecified atom stereocenters. The fourth-order valence-electron chi connectivity index (χ4n) is 1.80. The van der Waals surface area contributed by atoms with Gasteiger partial charge in [0.15, 0.2) is 0 Å². The van der Waals surface area contributed by atoms with Crippen molar-refractivity contribution in [3.05, 3.63) is 40.1 Å². The highest BCUT2D eigenvalue weighted by Gasteiger charge is 2.07. The summed E-state index contributed by atoms with van der Waals surface area (Å²) < 4.78 is 2.43. The Kier molecular flexibility index (Phi) is 3.40. The number of pyridine rings is 1. The van der Waals surface area contributed by atoms with Crippen LogP contribution in [0.4, 0.5) is 5.82 Å². The molecule has 0 N–H and O–H groups in total. The molecule has 2 heterocycles. The molecule has 2 aromatic heterocycles. The Bertz CT molecular complexity index is 719. The molecule has 0 radical (unpaired) electrons. The molecule has 0 aliphatic heterocycles. The number of anilines is 1. The van der Waals surface area contributed by atoms with Crippen molar-refractivity contribution in [1.82, 2.24) is 9.97 Å². The number of thiazole rings is 1. The summed E-state index contributed by atoms with van der Waals surface area (Å²) in [6.45, 7) is 0. The first-order chi connectivity index (χ1) is 9.13. The lowest BCUT2D eigenvalue weighted by atomic mass is 10.3. The maximum absolute atomic E-state index is 4.68. The van der Waals surface area contributed by atoms with Gasteiger partial charge in [-0.2, -0.15) is 0 Å². The molecule has 0 amide bonds. The van der Waals surface area contributed by atoms with Crippen LogP contribution in [-0.4, -0.2) is 24.1 Å². The monoisotopic (exact) mass is 377 g/mol. The molecule has 3 nitrogen and oxygen atoms in total. The molecule has 0 spiro atoms. The van der Waals surface area contributed by atoms with Gasteiger partial charge in [-0.05, 0) is 52.9 Å². The number of hydrogen-bond acceptors (Lipinski definition) is 4. The zero-order valence-corrected chi connectivity index (χ0v) is 13.6. The molecule has 0 bridgehead atoms. The summed E-state index contributed by atoms with van der Waals surface area (Å²) >= 11 is 4.02. The summed E-state index contributed by atoms with van der Waals surface area (Å²) in [6, 6.07) is 10.4. The van der Waals surface area contributed by atoms with Crippen LogP contribution in [0.3, 0.4) is 0 Å². The van der Waals surface area contributed by atoms with E-state index in [0.29, 0.717) is 0 Å². The zero-order valence-electron chi connectivity index (χ0n) is 10.6. The van der Waals surface area contributed by atoms with E-state index < -0.39 is 0 Å². The molecular weight excluding hydrogens is 365 g/mol. The van der Waals surface area contributed by atoms with Crippen molar-refractivity contribution in [1.29, 1.82) is 0 Å². The van der Waals surface area contributed by atoms with Crippen LogP contribution < -0.4 is 4.90 Å². The summed E-state index contributed by atoms with van der Waals surface area (Å²) in [4.78, 5) is 11.1. The van der Waals surface area contributed by atoms with Crippen molar-refractivity contribution in [3.63, 3.8) is 0 Å². The lowest BCUT2D eigenvalue weighted by molar-refractivity contribution is 1.07. The second-order valence-corrected chi connectivity index (χ2v) is 6.71. The minimum Gasteiger partial charge on any atom is -0.363 e. The molecule has 3 rings (SSSR count). The van der Waals surface area contributed by atoms with Crippen molar-refractivity contribution >= 4 is 50.0 Å². The van der Waals surface area contributed by atoms with E-state index in [1.807, 2.05) is 31.3 Å². The van der Waals surface area contributed by atoms with Crippen molar-refractivity contribution < 1.29 is 0 Å². The molecular formula is C14H12IN3S. The van der Waals surface area contributed by atoms with Crippen molar-refractivity contribution in [2.45, 2.75) is 0 Å². The predicted molar refractivity (Wildman–Crippen MR) is 89.9 cm³/mol. The Balaban J connectivity index is 2.03. The average Bonchev–Trinajstić information content (AvgIpc) is 2.81. The summed E-state index contributed by atoms with van der Waals surface area (Å²) in [5, 5.41) is 1.02. The third kappa shape index (κ3) is 2.57. The molecule has 96 valence electrons. The van der Waals surface area contributed by atoms with E-state index >= 15 is 0 Å². The quantitative estimate of drug-likeness (QED) is 0.632. The fraction of sp³-hybridized carbons (Fsp3) is 0.143. The number of rotatable bonds is 2. The average molecular weight is 377 g/mol. The van der Waals surface area contributed by atoms with Crippen molar-refractivity contribution in [3.8, 4) is 10.6 Å². The summed E-state index contributed by atoms with van der Waals surface area (Å²) in [5.74, 6) is 0.958. The van der Waals surface area contributed by atoms with E-state index in [1.54, 1.807) is 11.3 Å². The highest BCUT2D eigenvalue weighted by molar-refractivity contribution is 14.1. The van der Waals surface area contributed by atoms with E-state index in [1.165, 1.54) is 8.27 Å². The molecule has 0 aliphatic rings. The van der Waals surface area contributed by atoms with Crippen LogP contribution in [-0.2, 0) is 0 Å². The van der Waals surface area contributed by atoms with Crippen LogP contribution in [0.2, 0.25) is 0 Å². The number of halogens is 1. The summed E-state index contributed by atoms with van der Waals surface area (Å²) in [5.41, 5.74) is 2.13. The molecule has 1 aromatic carbocycles. The van der Waals surface area contributed by atoms with Gasteiger partial charge in [0.1, 0.15) is 10.8 Å². The Morgan fingerprint density at radius 1 is 1.16 bits per heavy atom. The third-order valence-electron chi connectivity index (χ3n) is 2.80. The zero-order chi connectivity index (χ0) is 13.4. The van der Waals surface area contributed by atoms with Gasteiger partial charge in [-0.3, -0.25) is 0 Å². The first kappa shape index (κ1) is 12.8. The van der Waals surface area contributed by atoms with Crippen molar-refractivity contribution in [2.75, 3.05) is 19.0 Å². The highest BCUT2D eigenvalue weighted by atomic mass is 123. The van der Waals surface area contributed by atoms with Gasteiger partial charge in [0, 0.05) is 29.4 Å². The summed E-state index contributed by atoms with van der Waals surface area (Å²) in [7, 11) is 3.98. The second kappa shape index (κ2) is 5.05. The lowest BCUT2D eigenvalue weighted by Gasteiger charge is -2.10. The largest absolute Gasteiger partial charge is 0.363 e. The smallest absolute Gasteiger partial charge is 0.127 e. The van der Waals surface area contributed by atoms with E-state index in [2.05, 4.69) is 56.8 Å². The Labute approximate surface area is 129 Å². The minimum atomic E-state index is 0.958. The van der Waals surface area contributed by atoms with Gasteiger partial charge in [-0.1, -0.05) is 0 Å². The predicted octanol–water partition coefficient (Wildman–Crippen LogP) is 4.03. The Hall–Kier alpha value is -1.21. The number of fused-ring (bicyclic) bond motifs is 1. The van der Waals surface area contributed by atoms with Crippen LogP contribution in [0.25, 0.3) is 20.8 Å². The molecule has 19 heavy (non-hydrogen) atoms. The first-order valence-electron chi connectivity index (χ1n) is 5.83. The molecule has 3 aromatic rings. The second-order valence-electron chi connectivity index (χ2n) is 4.43. The molecule has 0 saturated carbocycles. The van der Waals surface area contributed by atoms with Crippen LogP contribution >= 0.6 is 33.9 Å². The Morgan fingerprint density at radius 2 is 2.00 bits per heavy atom. The van der Waals surface area contributed by atoms with Gasteiger partial charge in [0.2, 0.25) is 0 Å². The SMILES string of the molecule is CN(C)c1ccc(-c2nc3cc([123I])ccc3s2)cn1. The van der Waals surface area contributed by atoms with Crippen LogP contribution in [0.15, 0.2) is 36.5 Å². The van der Waals surface area contributed by atoms with Crippen LogP contribution in [0.1, 0.15) is 0 Å². The lowest BCUT2D eigenvalue weighted by Crippen LogP contribution is -2.09. The van der Waals surface area contributed by atoms with Gasteiger partial charge in [-0.25, -0.2) is 9.97 Å². The van der Waals surface area contributed by atoms with Crippen LogP contribution in [0, 0.1) is 3.57 Å². The molecule has 0 fully saturated rings. The fourth-order valence-corrected chi connectivity index (χ4v) is 3.21. The third-order valence-corrected chi connectivity index (χ3v) is 4.56. The highest BCUT2D eigenvalue weighted by Crippen LogP contribution is 2.30. The first-order valence-corrected chi connectivity index (χ1v) is 7.73. The van der Waals surface area contributed by atoms with Gasteiger partial charge in [-0.15, -0.1) is 11.3 Å². The standard InChI is InChI=1S/C14H12IN3S/c1-18(2)13-6-3-9(8-16-13)14-17-11-7-10(15)4-5-12(11)19-14/h3-8H,1-2H3/i15-4. The molecule has 0 atom stereocenters. The molecule has 0 saturated heterocycles. The number of hydrogen-bond donors (Lipinski definition) is 0. The summed E-state index contributed by atoms with van der Waals surface area (Å²) in [6.07, 6.45) is 1.89. The van der Waals surface area contributed by atoms with Gasteiger partial charge in [0.25, 0.3) is 0 Å². The molecule has 0 aliphatic carbocycles. The van der Waals surface area contributed by atoms with E-state index in [4.69, 9.17) is 0 Å². The maximum atomic E-state index is 4.68. The number of benzene rings is 1.